The number of para-hydroxylation sites is 1. The van der Waals surface area contributed by atoms with Crippen LogP contribution in [0.5, 0.6) is 5.75 Å². The lowest BCUT2D eigenvalue weighted by atomic mass is 10.1. The average molecular weight is 519 g/mol. The zero-order valence-electron chi connectivity index (χ0n) is 21.8. The summed E-state index contributed by atoms with van der Waals surface area (Å²) in [6, 6.07) is 14.9. The maximum Gasteiger partial charge on any atom is 0.304 e. The van der Waals surface area contributed by atoms with Crippen molar-refractivity contribution < 1.29 is 22.7 Å². The van der Waals surface area contributed by atoms with Crippen molar-refractivity contribution in [3.8, 4) is 5.75 Å². The molecule has 0 aliphatic heterocycles. The van der Waals surface area contributed by atoms with E-state index in [-0.39, 0.29) is 12.5 Å². The van der Waals surface area contributed by atoms with Gasteiger partial charge in [0.05, 0.1) is 12.8 Å². The minimum absolute atomic E-state index is 0.125. The van der Waals surface area contributed by atoms with E-state index in [0.717, 1.165) is 27.0 Å². The summed E-state index contributed by atoms with van der Waals surface area (Å²) in [7, 11) is 0.415. The SMILES string of the molecule is CCCCNC(=O)[C@@H](CC)N(Cc1cccc(OC)c1)C(=O)CN(c1ccccc1)S(=O)(=O)N(C)C. The van der Waals surface area contributed by atoms with E-state index in [1.165, 1.54) is 19.0 Å². The third-order valence-corrected chi connectivity index (χ3v) is 7.59. The Hall–Kier alpha value is -3.11. The Balaban J connectivity index is 2.45. The van der Waals surface area contributed by atoms with Crippen LogP contribution >= 0.6 is 0 Å². The van der Waals surface area contributed by atoms with Gasteiger partial charge in [-0.05, 0) is 42.7 Å². The molecule has 2 aromatic carbocycles. The molecule has 10 heteroatoms. The molecule has 36 heavy (non-hydrogen) atoms. The maximum absolute atomic E-state index is 13.8. The molecule has 9 nitrogen and oxygen atoms in total. The largest absolute Gasteiger partial charge is 0.497 e. The van der Waals surface area contributed by atoms with Gasteiger partial charge in [0.25, 0.3) is 0 Å². The first kappa shape index (κ1) is 29.1. The summed E-state index contributed by atoms with van der Waals surface area (Å²) in [6.45, 7) is 4.05. The lowest BCUT2D eigenvalue weighted by Gasteiger charge is -2.34. The van der Waals surface area contributed by atoms with Crippen LogP contribution in [0.3, 0.4) is 0 Å². The summed E-state index contributed by atoms with van der Waals surface area (Å²) < 4.78 is 33.8. The minimum atomic E-state index is -3.98. The highest BCUT2D eigenvalue weighted by Gasteiger charge is 2.33. The number of rotatable bonds is 14. The smallest absolute Gasteiger partial charge is 0.304 e. The lowest BCUT2D eigenvalue weighted by Crippen LogP contribution is -2.53. The number of nitrogens with one attached hydrogen (secondary N) is 1. The van der Waals surface area contributed by atoms with E-state index in [0.29, 0.717) is 24.4 Å². The van der Waals surface area contributed by atoms with Gasteiger partial charge in [0.1, 0.15) is 18.3 Å². The fraction of sp³-hybridized carbons (Fsp3) is 0.462. The zero-order chi connectivity index (χ0) is 26.7. The van der Waals surface area contributed by atoms with Gasteiger partial charge < -0.3 is 15.0 Å². The number of amides is 2. The van der Waals surface area contributed by atoms with Gasteiger partial charge in [0, 0.05) is 27.2 Å². The van der Waals surface area contributed by atoms with E-state index in [4.69, 9.17) is 4.74 Å². The monoisotopic (exact) mass is 518 g/mol. The third-order valence-electron chi connectivity index (χ3n) is 5.77. The molecule has 0 aliphatic carbocycles. The molecule has 0 bridgehead atoms. The molecule has 0 saturated heterocycles. The molecule has 0 fully saturated rings. The van der Waals surface area contributed by atoms with Crippen LogP contribution in [0.15, 0.2) is 54.6 Å². The van der Waals surface area contributed by atoms with Gasteiger partial charge in [-0.3, -0.25) is 9.59 Å². The highest BCUT2D eigenvalue weighted by molar-refractivity contribution is 7.90. The summed E-state index contributed by atoms with van der Waals surface area (Å²) in [5, 5.41) is 2.91. The molecule has 0 spiro atoms. The van der Waals surface area contributed by atoms with Crippen molar-refractivity contribution in [3.05, 3.63) is 60.2 Å². The first-order valence-corrected chi connectivity index (χ1v) is 13.5. The van der Waals surface area contributed by atoms with Crippen LogP contribution < -0.4 is 14.4 Å². The molecule has 0 aliphatic rings. The van der Waals surface area contributed by atoms with E-state index in [2.05, 4.69) is 5.32 Å². The summed E-state index contributed by atoms with van der Waals surface area (Å²) in [5.41, 5.74) is 1.13. The number of benzene rings is 2. The number of hydrogen-bond acceptors (Lipinski definition) is 5. The van der Waals surface area contributed by atoms with Gasteiger partial charge in [0.15, 0.2) is 0 Å². The van der Waals surface area contributed by atoms with Gasteiger partial charge in [-0.15, -0.1) is 0 Å². The van der Waals surface area contributed by atoms with Crippen LogP contribution in [0.1, 0.15) is 38.7 Å². The van der Waals surface area contributed by atoms with E-state index >= 15 is 0 Å². The normalized spacial score (nSPS) is 12.2. The first-order chi connectivity index (χ1) is 17.1. The fourth-order valence-electron chi connectivity index (χ4n) is 3.70. The number of anilines is 1. The number of unbranched alkanes of at least 4 members (excludes halogenated alkanes) is 1. The molecule has 0 radical (unpaired) electrons. The van der Waals surface area contributed by atoms with Crippen molar-refractivity contribution in [3.63, 3.8) is 0 Å². The molecule has 0 unspecified atom stereocenters. The van der Waals surface area contributed by atoms with E-state index < -0.39 is 28.7 Å². The quantitative estimate of drug-likeness (QED) is 0.388. The number of carbonyl (C=O) groups is 2. The molecule has 0 aromatic heterocycles. The second kappa shape index (κ2) is 13.8. The van der Waals surface area contributed by atoms with Gasteiger partial charge in [0.2, 0.25) is 11.8 Å². The Morgan fingerprint density at radius 3 is 2.31 bits per heavy atom. The first-order valence-electron chi connectivity index (χ1n) is 12.1. The molecule has 0 heterocycles. The number of nitrogens with zero attached hydrogens (tertiary/aromatic N) is 3. The third kappa shape index (κ3) is 7.69. The topological polar surface area (TPSA) is 99.3 Å². The zero-order valence-corrected chi connectivity index (χ0v) is 22.6. The van der Waals surface area contributed by atoms with Crippen LogP contribution in [0, 0.1) is 0 Å². The Morgan fingerprint density at radius 2 is 1.72 bits per heavy atom. The summed E-state index contributed by atoms with van der Waals surface area (Å²) in [6.07, 6.45) is 2.13. The van der Waals surface area contributed by atoms with Gasteiger partial charge in [-0.1, -0.05) is 50.6 Å². The molecular formula is C26H38N4O5S. The van der Waals surface area contributed by atoms with E-state index in [9.17, 15) is 18.0 Å². The molecular weight excluding hydrogens is 480 g/mol. The van der Waals surface area contributed by atoms with Crippen LogP contribution in [0.2, 0.25) is 0 Å². The minimum Gasteiger partial charge on any atom is -0.497 e. The lowest BCUT2D eigenvalue weighted by molar-refractivity contribution is -0.140. The van der Waals surface area contributed by atoms with Crippen molar-refractivity contribution in [1.29, 1.82) is 0 Å². The maximum atomic E-state index is 13.8. The number of methoxy groups -OCH3 is 1. The standard InChI is InChI=1S/C26H38N4O5S/c1-6-8-17-27-26(32)24(7-2)29(19-21-13-12-16-23(18-21)35-5)25(31)20-30(36(33,34)28(3)4)22-14-10-9-11-15-22/h9-16,18,24H,6-8,17,19-20H2,1-5H3,(H,27,32)/t24-/m1/s1. The van der Waals surface area contributed by atoms with Gasteiger partial charge in [-0.2, -0.15) is 12.7 Å². The second-order valence-corrected chi connectivity index (χ2v) is 10.6. The average Bonchev–Trinajstić information content (AvgIpc) is 2.87. The van der Waals surface area contributed by atoms with Crippen molar-refractivity contribution >= 4 is 27.7 Å². The molecule has 1 N–H and O–H groups in total. The van der Waals surface area contributed by atoms with Crippen molar-refractivity contribution in [2.45, 2.75) is 45.7 Å². The predicted molar refractivity (Wildman–Crippen MR) is 142 cm³/mol. The molecule has 198 valence electrons. The molecule has 2 amide bonds. The summed E-state index contributed by atoms with van der Waals surface area (Å²) in [4.78, 5) is 28.3. The highest BCUT2D eigenvalue weighted by Crippen LogP contribution is 2.22. The summed E-state index contributed by atoms with van der Waals surface area (Å²) in [5.74, 6) is -0.116. The van der Waals surface area contributed by atoms with Crippen molar-refractivity contribution in [2.24, 2.45) is 0 Å². The van der Waals surface area contributed by atoms with Crippen LogP contribution in [0.4, 0.5) is 5.69 Å². The highest BCUT2D eigenvalue weighted by atomic mass is 32.2. The number of hydrogen-bond donors (Lipinski definition) is 1. The number of ether oxygens (including phenoxy) is 1. The predicted octanol–water partition coefficient (Wildman–Crippen LogP) is 3.03. The van der Waals surface area contributed by atoms with Crippen molar-refractivity contribution in [2.75, 3.05) is 38.6 Å². The molecule has 1 atom stereocenters. The Bertz CT molecular complexity index is 1090. The fourth-order valence-corrected chi connectivity index (χ4v) is 4.76. The van der Waals surface area contributed by atoms with Crippen molar-refractivity contribution in [1.82, 2.24) is 14.5 Å². The number of carbonyl (C=O) groups excluding carboxylic acids is 2. The molecule has 2 rings (SSSR count). The second-order valence-electron chi connectivity index (χ2n) is 8.57. The summed E-state index contributed by atoms with van der Waals surface area (Å²) >= 11 is 0. The van der Waals surface area contributed by atoms with E-state index in [1.54, 1.807) is 49.6 Å². The Morgan fingerprint density at radius 1 is 1.03 bits per heavy atom. The van der Waals surface area contributed by atoms with Crippen LogP contribution in [-0.4, -0.2) is 69.8 Å². The van der Waals surface area contributed by atoms with Gasteiger partial charge >= 0.3 is 10.2 Å². The van der Waals surface area contributed by atoms with Gasteiger partial charge in [-0.25, -0.2) is 4.31 Å². The molecule has 0 saturated carbocycles. The Kier molecular flexibility index (Phi) is 11.2. The van der Waals surface area contributed by atoms with Crippen LogP contribution in [0.25, 0.3) is 0 Å². The molecule has 2 aromatic rings. The van der Waals surface area contributed by atoms with E-state index in [1.807, 2.05) is 26.0 Å². The Labute approximate surface area is 215 Å². The van der Waals surface area contributed by atoms with Crippen LogP contribution in [-0.2, 0) is 26.3 Å².